The third kappa shape index (κ3) is 4.01. The van der Waals surface area contributed by atoms with Gasteiger partial charge in [0.2, 0.25) is 0 Å². The standard InChI is InChI=1S/C13H18N2O/c1-3-13(10-16-2)15-9-12-6-4-5-11(7-12)8-14/h4-7,13,15H,3,9-10H2,1-2H3. The van der Waals surface area contributed by atoms with Gasteiger partial charge in [-0.2, -0.15) is 5.26 Å². The van der Waals surface area contributed by atoms with Gasteiger partial charge in [0, 0.05) is 19.7 Å². The predicted octanol–water partition coefficient (Wildman–Crippen LogP) is 2.07. The first-order valence-electron chi connectivity index (χ1n) is 5.51. The van der Waals surface area contributed by atoms with Crippen molar-refractivity contribution in [2.24, 2.45) is 0 Å². The first kappa shape index (κ1) is 12.7. The first-order valence-corrected chi connectivity index (χ1v) is 5.51. The minimum atomic E-state index is 0.371. The zero-order chi connectivity index (χ0) is 11.8. The van der Waals surface area contributed by atoms with Gasteiger partial charge in [-0.25, -0.2) is 0 Å². The second-order valence-electron chi connectivity index (χ2n) is 3.75. The molecule has 0 heterocycles. The molecule has 0 bridgehead atoms. The van der Waals surface area contributed by atoms with E-state index in [0.29, 0.717) is 18.2 Å². The maximum Gasteiger partial charge on any atom is 0.0991 e. The van der Waals surface area contributed by atoms with Crippen molar-refractivity contribution in [2.45, 2.75) is 25.9 Å². The lowest BCUT2D eigenvalue weighted by atomic mass is 10.1. The number of nitrogens with zero attached hydrogens (tertiary/aromatic N) is 1. The molecular formula is C13H18N2O. The summed E-state index contributed by atoms with van der Waals surface area (Å²) in [7, 11) is 1.71. The average molecular weight is 218 g/mol. The van der Waals surface area contributed by atoms with Crippen LogP contribution in [0.5, 0.6) is 0 Å². The molecule has 1 aromatic rings. The van der Waals surface area contributed by atoms with Crippen LogP contribution in [0.15, 0.2) is 24.3 Å². The van der Waals surface area contributed by atoms with Crippen LogP contribution in [-0.4, -0.2) is 19.8 Å². The van der Waals surface area contributed by atoms with Gasteiger partial charge in [0.05, 0.1) is 18.2 Å². The summed E-state index contributed by atoms with van der Waals surface area (Å²) in [5.74, 6) is 0. The largest absolute Gasteiger partial charge is 0.383 e. The maximum absolute atomic E-state index is 8.78. The number of hydrogen-bond donors (Lipinski definition) is 1. The van der Waals surface area contributed by atoms with Gasteiger partial charge < -0.3 is 10.1 Å². The zero-order valence-electron chi connectivity index (χ0n) is 9.86. The van der Waals surface area contributed by atoms with E-state index in [1.807, 2.05) is 24.3 Å². The van der Waals surface area contributed by atoms with Gasteiger partial charge in [-0.15, -0.1) is 0 Å². The number of rotatable bonds is 6. The second kappa shape index (κ2) is 7.00. The van der Waals surface area contributed by atoms with E-state index in [2.05, 4.69) is 18.3 Å². The summed E-state index contributed by atoms with van der Waals surface area (Å²) < 4.78 is 5.11. The second-order valence-corrected chi connectivity index (χ2v) is 3.75. The smallest absolute Gasteiger partial charge is 0.0991 e. The van der Waals surface area contributed by atoms with Crippen molar-refractivity contribution in [3.05, 3.63) is 35.4 Å². The molecule has 3 heteroatoms. The van der Waals surface area contributed by atoms with E-state index in [9.17, 15) is 0 Å². The van der Waals surface area contributed by atoms with Crippen LogP contribution in [0.25, 0.3) is 0 Å². The van der Waals surface area contributed by atoms with E-state index in [1.165, 1.54) is 0 Å². The lowest BCUT2D eigenvalue weighted by Crippen LogP contribution is -2.31. The molecule has 0 aliphatic rings. The van der Waals surface area contributed by atoms with Crippen LogP contribution in [0, 0.1) is 11.3 Å². The SMILES string of the molecule is CCC(COC)NCc1cccc(C#N)c1. The topological polar surface area (TPSA) is 45.0 Å². The average Bonchev–Trinajstić information content (AvgIpc) is 2.34. The fourth-order valence-corrected chi connectivity index (χ4v) is 1.54. The molecule has 0 saturated carbocycles. The molecule has 0 aliphatic carbocycles. The highest BCUT2D eigenvalue weighted by molar-refractivity contribution is 5.32. The summed E-state index contributed by atoms with van der Waals surface area (Å²) in [5.41, 5.74) is 1.84. The van der Waals surface area contributed by atoms with E-state index in [1.54, 1.807) is 7.11 Å². The summed E-state index contributed by atoms with van der Waals surface area (Å²) in [6, 6.07) is 10.2. The van der Waals surface area contributed by atoms with Crippen LogP contribution in [0.4, 0.5) is 0 Å². The summed E-state index contributed by atoms with van der Waals surface area (Å²) in [4.78, 5) is 0. The summed E-state index contributed by atoms with van der Waals surface area (Å²) in [5, 5.41) is 12.2. The van der Waals surface area contributed by atoms with Gasteiger partial charge in [-0.3, -0.25) is 0 Å². The molecule has 0 fully saturated rings. The van der Waals surface area contributed by atoms with E-state index < -0.39 is 0 Å². The van der Waals surface area contributed by atoms with E-state index in [0.717, 1.165) is 18.5 Å². The van der Waals surface area contributed by atoms with Gasteiger partial charge in [-0.1, -0.05) is 19.1 Å². The molecule has 0 aliphatic heterocycles. The molecule has 1 rings (SSSR count). The highest BCUT2D eigenvalue weighted by Crippen LogP contribution is 2.04. The van der Waals surface area contributed by atoms with Crippen molar-refractivity contribution in [1.29, 1.82) is 5.26 Å². The Kier molecular flexibility index (Phi) is 5.55. The van der Waals surface area contributed by atoms with Crippen molar-refractivity contribution >= 4 is 0 Å². The van der Waals surface area contributed by atoms with Crippen molar-refractivity contribution in [3.63, 3.8) is 0 Å². The molecule has 3 nitrogen and oxygen atoms in total. The number of methoxy groups -OCH3 is 1. The normalized spacial score (nSPS) is 12.1. The lowest BCUT2D eigenvalue weighted by molar-refractivity contribution is 0.164. The summed E-state index contributed by atoms with van der Waals surface area (Å²) in [6.45, 7) is 3.62. The third-order valence-electron chi connectivity index (χ3n) is 2.51. The fraction of sp³-hybridized carbons (Fsp3) is 0.462. The molecule has 86 valence electrons. The van der Waals surface area contributed by atoms with Crippen LogP contribution in [-0.2, 0) is 11.3 Å². The summed E-state index contributed by atoms with van der Waals surface area (Å²) in [6.07, 6.45) is 1.03. The molecule has 1 unspecified atom stereocenters. The van der Waals surface area contributed by atoms with Crippen molar-refractivity contribution in [2.75, 3.05) is 13.7 Å². The Balaban J connectivity index is 2.50. The molecule has 1 aromatic carbocycles. The Bertz CT molecular complexity index is 357. The Morgan fingerprint density at radius 2 is 2.31 bits per heavy atom. The Hall–Kier alpha value is -1.37. The van der Waals surface area contributed by atoms with Gasteiger partial charge in [0.1, 0.15) is 0 Å². The molecular weight excluding hydrogens is 200 g/mol. The van der Waals surface area contributed by atoms with Crippen molar-refractivity contribution < 1.29 is 4.74 Å². The number of nitriles is 1. The predicted molar refractivity (Wildman–Crippen MR) is 64.0 cm³/mol. The molecule has 0 aromatic heterocycles. The van der Waals surface area contributed by atoms with Gasteiger partial charge in [-0.05, 0) is 24.1 Å². The number of hydrogen-bond acceptors (Lipinski definition) is 3. The monoisotopic (exact) mass is 218 g/mol. The molecule has 0 saturated heterocycles. The summed E-state index contributed by atoms with van der Waals surface area (Å²) >= 11 is 0. The zero-order valence-corrected chi connectivity index (χ0v) is 9.86. The Morgan fingerprint density at radius 3 is 2.94 bits per heavy atom. The van der Waals surface area contributed by atoms with E-state index >= 15 is 0 Å². The van der Waals surface area contributed by atoms with Gasteiger partial charge >= 0.3 is 0 Å². The molecule has 1 N–H and O–H groups in total. The third-order valence-corrected chi connectivity index (χ3v) is 2.51. The Labute approximate surface area is 97.0 Å². The van der Waals surface area contributed by atoms with Crippen molar-refractivity contribution in [3.8, 4) is 6.07 Å². The molecule has 0 spiro atoms. The minimum Gasteiger partial charge on any atom is -0.383 e. The lowest BCUT2D eigenvalue weighted by Gasteiger charge is -2.15. The quantitative estimate of drug-likeness (QED) is 0.795. The first-order chi connectivity index (χ1) is 7.80. The maximum atomic E-state index is 8.78. The van der Waals surface area contributed by atoms with Crippen LogP contribution in [0.3, 0.4) is 0 Å². The molecule has 0 amide bonds. The van der Waals surface area contributed by atoms with Gasteiger partial charge in [0.15, 0.2) is 0 Å². The van der Waals surface area contributed by atoms with Crippen LogP contribution < -0.4 is 5.32 Å². The molecule has 0 radical (unpaired) electrons. The fourth-order valence-electron chi connectivity index (χ4n) is 1.54. The van der Waals surface area contributed by atoms with Gasteiger partial charge in [0.25, 0.3) is 0 Å². The number of nitrogens with one attached hydrogen (secondary N) is 1. The van der Waals surface area contributed by atoms with Crippen molar-refractivity contribution in [1.82, 2.24) is 5.32 Å². The van der Waals surface area contributed by atoms with E-state index in [4.69, 9.17) is 10.00 Å². The molecule has 1 atom stereocenters. The number of ether oxygens (including phenoxy) is 1. The highest BCUT2D eigenvalue weighted by Gasteiger charge is 2.04. The molecule has 16 heavy (non-hydrogen) atoms. The Morgan fingerprint density at radius 1 is 1.50 bits per heavy atom. The number of benzene rings is 1. The highest BCUT2D eigenvalue weighted by atomic mass is 16.5. The van der Waals surface area contributed by atoms with E-state index in [-0.39, 0.29) is 0 Å². The van der Waals surface area contributed by atoms with Crippen LogP contribution in [0.1, 0.15) is 24.5 Å². The van der Waals surface area contributed by atoms with Crippen LogP contribution in [0.2, 0.25) is 0 Å². The van der Waals surface area contributed by atoms with Crippen LogP contribution >= 0.6 is 0 Å². The minimum absolute atomic E-state index is 0.371.